The van der Waals surface area contributed by atoms with E-state index in [4.69, 9.17) is 11.3 Å². The molecule has 7 aromatic carbocycles. The van der Waals surface area contributed by atoms with Crippen molar-refractivity contribution in [3.05, 3.63) is 139 Å². The number of rotatable bonds is 2. The Labute approximate surface area is 260 Å². The van der Waals surface area contributed by atoms with Gasteiger partial charge in [-0.2, -0.15) is 0 Å². The van der Waals surface area contributed by atoms with E-state index in [1.54, 1.807) is 11.3 Å². The van der Waals surface area contributed by atoms with Crippen LogP contribution in [0, 0.1) is 0 Å². The number of benzene rings is 7. The van der Waals surface area contributed by atoms with E-state index in [9.17, 15) is 2.74 Å². The molecule has 0 bridgehead atoms. The van der Waals surface area contributed by atoms with Crippen LogP contribution in [0.25, 0.3) is 91.6 Å². The lowest BCUT2D eigenvalue weighted by atomic mass is 9.97. The molecule has 0 aliphatic heterocycles. The van der Waals surface area contributed by atoms with E-state index >= 15 is 0 Å². The molecule has 44 heavy (non-hydrogen) atoms. The van der Waals surface area contributed by atoms with Crippen molar-refractivity contribution >= 4 is 85.8 Å². The molecule has 0 saturated heterocycles. The fourth-order valence-electron chi connectivity index (χ4n) is 6.86. The van der Waals surface area contributed by atoms with E-state index in [2.05, 4.69) is 47.0 Å². The third-order valence-corrected chi connectivity index (χ3v) is 9.86. The summed E-state index contributed by atoms with van der Waals surface area (Å²) in [6.07, 6.45) is 0. The van der Waals surface area contributed by atoms with Gasteiger partial charge in [0.1, 0.15) is 0 Å². The van der Waals surface area contributed by atoms with Gasteiger partial charge >= 0.3 is 0 Å². The van der Waals surface area contributed by atoms with Crippen molar-refractivity contribution in [2.24, 2.45) is 0 Å². The van der Waals surface area contributed by atoms with E-state index in [0.717, 1.165) is 85.7 Å². The maximum absolute atomic E-state index is 9.51. The number of thiophene rings is 1. The average molecular weight is 581 g/mol. The van der Waals surface area contributed by atoms with Gasteiger partial charge in [-0.15, -0.1) is 11.3 Å². The smallest absolute Gasteiger partial charge is 0.235 e. The molecule has 3 nitrogen and oxygen atoms in total. The van der Waals surface area contributed by atoms with Gasteiger partial charge in [-0.25, -0.2) is 9.97 Å². The van der Waals surface area contributed by atoms with E-state index in [-0.39, 0.29) is 0 Å². The molecule has 0 aliphatic rings. The molecule has 10 aromatic rings. The minimum Gasteiger partial charge on any atom is -0.276 e. The summed E-state index contributed by atoms with van der Waals surface area (Å²) in [4.78, 5) is 10.5. The van der Waals surface area contributed by atoms with Crippen LogP contribution < -0.4 is 0 Å². The predicted octanol–water partition coefficient (Wildman–Crippen LogP) is 11.1. The van der Waals surface area contributed by atoms with Crippen LogP contribution in [0.15, 0.2) is 139 Å². The summed E-state index contributed by atoms with van der Waals surface area (Å²) in [5, 5.41) is 8.37. The molecule has 0 atom stereocenters. The number of aromatic nitrogens is 3. The highest BCUT2D eigenvalue weighted by Crippen LogP contribution is 2.49. The number of hydrogen-bond acceptors (Lipinski definition) is 3. The monoisotopic (exact) mass is 580 g/mol. The van der Waals surface area contributed by atoms with Gasteiger partial charge in [0.15, 0.2) is 0 Å². The van der Waals surface area contributed by atoms with Crippen LogP contribution in [0.1, 0.15) is 4.11 Å². The fraction of sp³-hybridized carbons (Fsp3) is 0. The van der Waals surface area contributed by atoms with E-state index < -0.39 is 0 Å². The maximum Gasteiger partial charge on any atom is 0.235 e. The Bertz CT molecular complexity index is 2950. The molecular formula is C40H23N3S. The Morgan fingerprint density at radius 1 is 0.545 bits per heavy atom. The molecule has 3 aromatic heterocycles. The number of nitrogens with zero attached hydrogens (tertiary/aromatic N) is 3. The molecule has 3 heterocycles. The normalized spacial score (nSPS) is 13.0. The van der Waals surface area contributed by atoms with Gasteiger partial charge in [0.2, 0.25) is 5.95 Å². The summed E-state index contributed by atoms with van der Waals surface area (Å²) in [6, 6.07) is 41.2. The SMILES string of the molecule is [2H]c1cccc2sc3c(c12)c1c([2H])cccc1c1c2c4ccccc4cc([2H])c2n(-c2nc(-c4ccccc4)c4ccccc4n2)c31. The molecule has 0 amide bonds. The van der Waals surface area contributed by atoms with Crippen molar-refractivity contribution in [2.75, 3.05) is 0 Å². The van der Waals surface area contributed by atoms with Crippen LogP contribution in [-0.4, -0.2) is 14.5 Å². The quantitative estimate of drug-likeness (QED) is 0.204. The molecule has 0 N–H and O–H groups in total. The first kappa shape index (κ1) is 21.2. The van der Waals surface area contributed by atoms with E-state index in [0.29, 0.717) is 24.1 Å². The summed E-state index contributed by atoms with van der Waals surface area (Å²) in [5.41, 5.74) is 4.24. The maximum atomic E-state index is 9.51. The summed E-state index contributed by atoms with van der Waals surface area (Å²) >= 11 is 1.63. The summed E-state index contributed by atoms with van der Waals surface area (Å²) in [5.74, 6) is 0.484. The zero-order chi connectivity index (χ0) is 31.4. The highest BCUT2D eigenvalue weighted by atomic mass is 32.1. The molecule has 0 saturated carbocycles. The predicted molar refractivity (Wildman–Crippen MR) is 187 cm³/mol. The second-order valence-electron chi connectivity index (χ2n) is 11.1. The second kappa shape index (κ2) is 8.96. The zero-order valence-corrected chi connectivity index (χ0v) is 24.1. The van der Waals surface area contributed by atoms with Crippen LogP contribution in [-0.2, 0) is 0 Å². The van der Waals surface area contributed by atoms with Gasteiger partial charge < -0.3 is 0 Å². The minimum absolute atomic E-state index is 0.374. The number of fused-ring (bicyclic) bond motifs is 13. The van der Waals surface area contributed by atoms with Gasteiger partial charge in [0.25, 0.3) is 0 Å². The Balaban J connectivity index is 1.54. The minimum atomic E-state index is 0.374. The summed E-state index contributed by atoms with van der Waals surface area (Å²) in [6.45, 7) is 0. The first-order valence-electron chi connectivity index (χ1n) is 16.1. The highest BCUT2D eigenvalue weighted by molar-refractivity contribution is 7.27. The molecule has 0 unspecified atom stereocenters. The lowest BCUT2D eigenvalue weighted by Crippen LogP contribution is -2.03. The van der Waals surface area contributed by atoms with E-state index in [1.807, 2.05) is 78.9 Å². The zero-order valence-electron chi connectivity index (χ0n) is 26.3. The Kier molecular flexibility index (Phi) is 4.31. The first-order valence-corrected chi connectivity index (χ1v) is 15.4. The molecule has 0 radical (unpaired) electrons. The first-order chi connectivity index (χ1) is 23.1. The average Bonchev–Trinajstić information content (AvgIpc) is 3.67. The number of hydrogen-bond donors (Lipinski definition) is 0. The second-order valence-corrected chi connectivity index (χ2v) is 12.1. The van der Waals surface area contributed by atoms with Crippen LogP contribution in [0.5, 0.6) is 0 Å². The van der Waals surface area contributed by atoms with Crippen molar-refractivity contribution in [1.82, 2.24) is 14.5 Å². The Hall–Kier alpha value is -5.58. The Morgan fingerprint density at radius 2 is 1.27 bits per heavy atom. The van der Waals surface area contributed by atoms with Crippen molar-refractivity contribution in [3.63, 3.8) is 0 Å². The van der Waals surface area contributed by atoms with Crippen molar-refractivity contribution < 1.29 is 4.11 Å². The molecule has 0 fully saturated rings. The topological polar surface area (TPSA) is 30.7 Å². The lowest BCUT2D eigenvalue weighted by molar-refractivity contribution is 1.02. The van der Waals surface area contributed by atoms with Gasteiger partial charge in [-0.05, 0) is 39.7 Å². The van der Waals surface area contributed by atoms with Gasteiger partial charge in [-0.3, -0.25) is 4.57 Å². The van der Waals surface area contributed by atoms with E-state index in [1.165, 1.54) is 0 Å². The molecular weight excluding hydrogens is 555 g/mol. The summed E-state index contributed by atoms with van der Waals surface area (Å²) in [7, 11) is 0. The van der Waals surface area contributed by atoms with Gasteiger partial charge in [-0.1, -0.05) is 121 Å². The molecule has 4 heteroatoms. The largest absolute Gasteiger partial charge is 0.276 e. The molecule has 10 rings (SSSR count). The molecule has 204 valence electrons. The standard InChI is InChI=1S/C40H23N3S/c1-2-13-25(14-3-1)37-29-18-8-10-20-31(29)41-40(42-37)43-32-23-22-24-12-4-5-15-26(24)35(32)36-28-17-7-6-16-27(28)34-30-19-9-11-21-33(30)44-39(34)38(36)43/h1-23H/i16D,19D,23D. The van der Waals surface area contributed by atoms with Crippen LogP contribution in [0.2, 0.25) is 0 Å². The third-order valence-electron chi connectivity index (χ3n) is 8.70. The van der Waals surface area contributed by atoms with Gasteiger partial charge in [0.05, 0.1) is 31.1 Å². The molecule has 0 aliphatic carbocycles. The summed E-state index contributed by atoms with van der Waals surface area (Å²) < 4.78 is 31.7. The van der Waals surface area contributed by atoms with Crippen LogP contribution in [0.4, 0.5) is 0 Å². The van der Waals surface area contributed by atoms with Crippen LogP contribution >= 0.6 is 11.3 Å². The van der Waals surface area contributed by atoms with Crippen LogP contribution in [0.3, 0.4) is 0 Å². The van der Waals surface area contributed by atoms with Crippen molar-refractivity contribution in [2.45, 2.75) is 0 Å². The van der Waals surface area contributed by atoms with Gasteiger partial charge in [0, 0.05) is 37.2 Å². The molecule has 0 spiro atoms. The van der Waals surface area contributed by atoms with Crippen molar-refractivity contribution in [1.29, 1.82) is 0 Å². The fourth-order valence-corrected chi connectivity index (χ4v) is 8.08. The number of para-hydroxylation sites is 1. The lowest BCUT2D eigenvalue weighted by Gasteiger charge is -2.12. The highest BCUT2D eigenvalue weighted by Gasteiger charge is 2.24. The Morgan fingerprint density at radius 3 is 2.18 bits per heavy atom. The third kappa shape index (κ3) is 3.20. The van der Waals surface area contributed by atoms with Crippen molar-refractivity contribution in [3.8, 4) is 17.2 Å².